The summed E-state index contributed by atoms with van der Waals surface area (Å²) in [6, 6.07) is 9.31. The van der Waals surface area contributed by atoms with Gasteiger partial charge in [-0.25, -0.2) is 0 Å². The molecule has 0 spiro atoms. The maximum absolute atomic E-state index is 2.65. The molecule has 0 fully saturated rings. The lowest BCUT2D eigenvalue weighted by Crippen LogP contribution is -2.17. The third-order valence-electron chi connectivity index (χ3n) is 5.07. The van der Waals surface area contributed by atoms with Crippen molar-refractivity contribution in [1.82, 2.24) is 0 Å². The smallest absolute Gasteiger partial charge is 0.0145 e. The highest BCUT2D eigenvalue weighted by atomic mass is 32.3. The summed E-state index contributed by atoms with van der Waals surface area (Å²) in [5.74, 6) is 2.83. The van der Waals surface area contributed by atoms with E-state index in [1.54, 1.807) is 10.5 Å². The van der Waals surface area contributed by atoms with Crippen molar-refractivity contribution in [2.24, 2.45) is 5.92 Å². The van der Waals surface area contributed by atoms with Crippen molar-refractivity contribution < 1.29 is 0 Å². The molecule has 104 valence electrons. The van der Waals surface area contributed by atoms with Crippen LogP contribution in [-0.2, 0) is 0 Å². The van der Waals surface area contributed by atoms with Gasteiger partial charge in [0.2, 0.25) is 0 Å². The van der Waals surface area contributed by atoms with Gasteiger partial charge >= 0.3 is 0 Å². The molecule has 1 heteroatoms. The highest BCUT2D eigenvalue weighted by molar-refractivity contribution is 8.37. The van der Waals surface area contributed by atoms with Crippen molar-refractivity contribution in [3.05, 3.63) is 40.8 Å². The SMILES string of the molecule is CCS1(C(C)C)C2=CC(C)CCC2c2ccccc21. The van der Waals surface area contributed by atoms with Gasteiger partial charge in [0.1, 0.15) is 0 Å². The fourth-order valence-corrected chi connectivity index (χ4v) is 8.94. The first-order valence-electron chi connectivity index (χ1n) is 7.71. The lowest BCUT2D eigenvalue weighted by Gasteiger charge is -2.44. The minimum absolute atomic E-state index is 0.741. The predicted octanol–water partition coefficient (Wildman–Crippen LogP) is 5.69. The van der Waals surface area contributed by atoms with E-state index in [1.165, 1.54) is 18.6 Å². The maximum Gasteiger partial charge on any atom is 0.0145 e. The second kappa shape index (κ2) is 4.70. The van der Waals surface area contributed by atoms with E-state index in [4.69, 9.17) is 0 Å². The van der Waals surface area contributed by atoms with Gasteiger partial charge in [-0.15, -0.1) is 0 Å². The van der Waals surface area contributed by atoms with Crippen LogP contribution in [-0.4, -0.2) is 11.0 Å². The van der Waals surface area contributed by atoms with Crippen LogP contribution >= 0.6 is 10.0 Å². The van der Waals surface area contributed by atoms with Gasteiger partial charge in [-0.1, -0.05) is 52.0 Å². The molecule has 1 heterocycles. The fraction of sp³-hybridized carbons (Fsp3) is 0.556. The summed E-state index contributed by atoms with van der Waals surface area (Å²) in [6.45, 7) is 9.69. The Balaban J connectivity index is 2.26. The maximum atomic E-state index is 2.65. The van der Waals surface area contributed by atoms with Crippen molar-refractivity contribution in [3.63, 3.8) is 0 Å². The molecule has 19 heavy (non-hydrogen) atoms. The van der Waals surface area contributed by atoms with Crippen molar-refractivity contribution in [1.29, 1.82) is 0 Å². The Bertz CT molecular complexity index is 514. The van der Waals surface area contributed by atoms with E-state index in [0.29, 0.717) is 0 Å². The van der Waals surface area contributed by atoms with Crippen LogP contribution in [0, 0.1) is 5.92 Å². The first-order chi connectivity index (χ1) is 9.11. The Labute approximate surface area is 119 Å². The van der Waals surface area contributed by atoms with Crippen molar-refractivity contribution in [2.45, 2.75) is 56.6 Å². The lowest BCUT2D eigenvalue weighted by molar-refractivity contribution is 0.540. The fourth-order valence-electron chi connectivity index (χ4n) is 4.14. The zero-order valence-corrected chi connectivity index (χ0v) is 13.5. The molecule has 0 aromatic heterocycles. The Morgan fingerprint density at radius 2 is 1.95 bits per heavy atom. The monoisotopic (exact) mass is 274 g/mol. The highest BCUT2D eigenvalue weighted by Gasteiger charge is 2.45. The summed E-state index contributed by atoms with van der Waals surface area (Å²) >= 11 is 0. The topological polar surface area (TPSA) is 0 Å². The van der Waals surface area contributed by atoms with E-state index >= 15 is 0 Å². The third kappa shape index (κ3) is 1.74. The van der Waals surface area contributed by atoms with Gasteiger partial charge in [0.25, 0.3) is 0 Å². The first-order valence-corrected chi connectivity index (χ1v) is 9.58. The van der Waals surface area contributed by atoms with Gasteiger partial charge < -0.3 is 0 Å². The van der Waals surface area contributed by atoms with Crippen LogP contribution in [0.3, 0.4) is 0 Å². The van der Waals surface area contributed by atoms with Crippen molar-refractivity contribution in [2.75, 3.05) is 5.75 Å². The van der Waals surface area contributed by atoms with Gasteiger partial charge in [-0.3, -0.25) is 0 Å². The highest BCUT2D eigenvalue weighted by Crippen LogP contribution is 2.76. The predicted molar refractivity (Wildman–Crippen MR) is 87.2 cm³/mol. The molecule has 3 unspecified atom stereocenters. The van der Waals surface area contributed by atoms with Gasteiger partial charge in [0.15, 0.2) is 0 Å². The van der Waals surface area contributed by atoms with Gasteiger partial charge in [-0.2, -0.15) is 10.0 Å². The molecule has 0 N–H and O–H groups in total. The molecule has 0 saturated carbocycles. The molecule has 0 nitrogen and oxygen atoms in total. The van der Waals surface area contributed by atoms with Crippen LogP contribution in [0.5, 0.6) is 0 Å². The Hall–Kier alpha value is -0.690. The number of hydrogen-bond donors (Lipinski definition) is 0. The molecule has 0 amide bonds. The number of allylic oxidation sites excluding steroid dienone is 2. The third-order valence-corrected chi connectivity index (χ3v) is 10.0. The average molecular weight is 274 g/mol. The molecular weight excluding hydrogens is 248 g/mol. The first kappa shape index (κ1) is 13.3. The van der Waals surface area contributed by atoms with E-state index in [0.717, 1.165) is 17.1 Å². The molecule has 1 aromatic rings. The van der Waals surface area contributed by atoms with Crippen LogP contribution in [0.4, 0.5) is 0 Å². The van der Waals surface area contributed by atoms with E-state index < -0.39 is 10.0 Å². The summed E-state index contributed by atoms with van der Waals surface area (Å²) < 4.78 is 0. The molecule has 1 aliphatic heterocycles. The van der Waals surface area contributed by atoms with Gasteiger partial charge in [0, 0.05) is 5.92 Å². The van der Waals surface area contributed by atoms with Crippen LogP contribution < -0.4 is 0 Å². The van der Waals surface area contributed by atoms with Gasteiger partial charge in [0.05, 0.1) is 0 Å². The number of hydrogen-bond acceptors (Lipinski definition) is 0. The van der Waals surface area contributed by atoms with Crippen LogP contribution in [0.15, 0.2) is 40.1 Å². The standard InChI is InChI=1S/C18H26S/c1-5-19(13(2)3)17-9-7-6-8-15(17)16-11-10-14(4)12-18(16)19/h6-9,12-14,16H,5,10-11H2,1-4H3. The van der Waals surface area contributed by atoms with Crippen LogP contribution in [0.2, 0.25) is 0 Å². The largest absolute Gasteiger partial charge is 0.189 e. The molecule has 3 atom stereocenters. The second-order valence-corrected chi connectivity index (χ2v) is 10.4. The Kier molecular flexibility index (Phi) is 3.29. The summed E-state index contributed by atoms with van der Waals surface area (Å²) in [6.07, 6.45) is 5.37. The Morgan fingerprint density at radius 1 is 1.21 bits per heavy atom. The minimum Gasteiger partial charge on any atom is -0.189 e. The van der Waals surface area contributed by atoms with E-state index in [9.17, 15) is 0 Å². The van der Waals surface area contributed by atoms with E-state index in [-0.39, 0.29) is 0 Å². The number of fused-ring (bicyclic) bond motifs is 3. The molecular formula is C18H26S. The average Bonchev–Trinajstić information content (AvgIpc) is 2.69. The second-order valence-electron chi connectivity index (χ2n) is 6.34. The molecule has 0 bridgehead atoms. The minimum atomic E-state index is -0.748. The summed E-state index contributed by atoms with van der Waals surface area (Å²) in [5, 5.41) is 0.764. The molecule has 0 saturated heterocycles. The van der Waals surface area contributed by atoms with Crippen LogP contribution in [0.25, 0.3) is 0 Å². The zero-order chi connectivity index (χ0) is 13.6. The van der Waals surface area contributed by atoms with Crippen molar-refractivity contribution >= 4 is 10.0 Å². The molecule has 0 radical (unpaired) electrons. The number of benzene rings is 1. The summed E-state index contributed by atoms with van der Waals surface area (Å²) in [5.41, 5.74) is 1.66. The lowest BCUT2D eigenvalue weighted by atomic mass is 9.85. The normalized spacial score (nSPS) is 36.4. The molecule has 2 aliphatic rings. The molecule has 3 rings (SSSR count). The zero-order valence-electron chi connectivity index (χ0n) is 12.6. The van der Waals surface area contributed by atoms with Crippen molar-refractivity contribution in [3.8, 4) is 0 Å². The number of rotatable bonds is 2. The van der Waals surface area contributed by atoms with E-state index in [2.05, 4.69) is 58.0 Å². The molecule has 1 aromatic carbocycles. The van der Waals surface area contributed by atoms with Gasteiger partial charge in [-0.05, 0) is 51.2 Å². The summed E-state index contributed by atoms with van der Waals surface area (Å²) in [4.78, 5) is 3.53. The Morgan fingerprint density at radius 3 is 2.63 bits per heavy atom. The van der Waals surface area contributed by atoms with Crippen LogP contribution in [0.1, 0.15) is 52.0 Å². The van der Waals surface area contributed by atoms with E-state index in [1.807, 2.05) is 4.91 Å². The quantitative estimate of drug-likeness (QED) is 0.650. The summed E-state index contributed by atoms with van der Waals surface area (Å²) in [7, 11) is -0.748. The molecule has 1 aliphatic carbocycles.